The number of nitrogens with one attached hydrogen (secondary N) is 1. The molecule has 1 aliphatic heterocycles. The van der Waals surface area contributed by atoms with Crippen molar-refractivity contribution in [2.45, 2.75) is 18.4 Å². The lowest BCUT2D eigenvalue weighted by molar-refractivity contribution is 0.102. The normalized spacial score (nSPS) is 12.4. The van der Waals surface area contributed by atoms with Crippen LogP contribution in [0.25, 0.3) is 5.69 Å². The van der Waals surface area contributed by atoms with Crippen LogP contribution in [0, 0.1) is 6.92 Å². The Morgan fingerprint density at radius 2 is 1.65 bits per heavy atom. The third-order valence-electron chi connectivity index (χ3n) is 5.16. The van der Waals surface area contributed by atoms with Crippen molar-refractivity contribution in [3.63, 3.8) is 0 Å². The smallest absolute Gasteiger partial charge is 0.256 e. The number of rotatable bonds is 5. The van der Waals surface area contributed by atoms with E-state index in [0.29, 0.717) is 5.56 Å². The van der Waals surface area contributed by atoms with E-state index in [2.05, 4.69) is 5.32 Å². The Kier molecular flexibility index (Phi) is 5.22. The molecule has 5 rings (SSSR count). The Hall–Kier alpha value is -3.51. The van der Waals surface area contributed by atoms with Gasteiger partial charge in [0.15, 0.2) is 0 Å². The first-order valence-corrected chi connectivity index (χ1v) is 11.2. The van der Waals surface area contributed by atoms with E-state index in [9.17, 15) is 4.79 Å². The summed E-state index contributed by atoms with van der Waals surface area (Å²) in [6.07, 6.45) is 0. The lowest BCUT2D eigenvalue weighted by Crippen LogP contribution is -2.16. The number of fused-ring (bicyclic) bond motifs is 1. The molecule has 0 spiro atoms. The van der Waals surface area contributed by atoms with Gasteiger partial charge in [-0.15, -0.1) is 0 Å². The quantitative estimate of drug-likeness (QED) is 0.426. The first-order valence-electron chi connectivity index (χ1n) is 10.1. The van der Waals surface area contributed by atoms with E-state index in [1.54, 1.807) is 0 Å². The van der Waals surface area contributed by atoms with E-state index in [0.717, 1.165) is 51.3 Å². The van der Waals surface area contributed by atoms with E-state index in [-0.39, 0.29) is 5.91 Å². The van der Waals surface area contributed by atoms with Crippen molar-refractivity contribution < 1.29 is 9.53 Å². The lowest BCUT2D eigenvalue weighted by atomic mass is 10.1. The Balaban J connectivity index is 1.43. The highest BCUT2D eigenvalue weighted by molar-refractivity contribution is 7.98. The molecule has 3 aromatic carbocycles. The second-order valence-corrected chi connectivity index (χ2v) is 8.39. The molecule has 1 N–H and O–H groups in total. The minimum absolute atomic E-state index is 0.134. The van der Waals surface area contributed by atoms with Gasteiger partial charge in [-0.1, -0.05) is 35.9 Å². The summed E-state index contributed by atoms with van der Waals surface area (Å²) < 4.78 is 7.71. The summed E-state index contributed by atoms with van der Waals surface area (Å²) in [5, 5.41) is 7.87. The number of aryl methyl sites for hydroxylation is 1. The van der Waals surface area contributed by atoms with Gasteiger partial charge in [-0.25, -0.2) is 4.68 Å². The van der Waals surface area contributed by atoms with Crippen molar-refractivity contribution in [2.24, 2.45) is 0 Å². The molecule has 6 heteroatoms. The summed E-state index contributed by atoms with van der Waals surface area (Å²) in [5.74, 6) is 3.83. The number of benzene rings is 3. The molecular weight excluding hydrogens is 406 g/mol. The lowest BCUT2D eigenvalue weighted by Gasteiger charge is -2.12. The first kappa shape index (κ1) is 19.5. The fourth-order valence-electron chi connectivity index (χ4n) is 3.49. The monoisotopic (exact) mass is 427 g/mol. The highest BCUT2D eigenvalue weighted by atomic mass is 32.2. The molecule has 4 aromatic rings. The van der Waals surface area contributed by atoms with Crippen LogP contribution in [0.3, 0.4) is 0 Å². The summed E-state index contributed by atoms with van der Waals surface area (Å²) in [6.45, 7) is 2.01. The Morgan fingerprint density at radius 1 is 0.935 bits per heavy atom. The number of ether oxygens (including phenoxy) is 1. The number of hydrogen-bond donors (Lipinski definition) is 1. The van der Waals surface area contributed by atoms with Crippen molar-refractivity contribution in [3.05, 3.63) is 101 Å². The molecule has 0 bridgehead atoms. The highest BCUT2D eigenvalue weighted by Crippen LogP contribution is 2.36. The molecule has 0 fully saturated rings. The van der Waals surface area contributed by atoms with E-state index in [1.807, 2.05) is 102 Å². The van der Waals surface area contributed by atoms with Crippen LogP contribution in [0.15, 0.2) is 78.9 Å². The number of thioether (sulfide) groups is 1. The third-order valence-corrected chi connectivity index (χ3v) is 6.13. The number of carbonyl (C=O) groups is 1. The van der Waals surface area contributed by atoms with E-state index in [4.69, 9.17) is 9.84 Å². The maximum absolute atomic E-state index is 12.9. The third kappa shape index (κ3) is 4.07. The van der Waals surface area contributed by atoms with Gasteiger partial charge in [-0.3, -0.25) is 4.79 Å². The van der Waals surface area contributed by atoms with Gasteiger partial charge < -0.3 is 10.1 Å². The van der Waals surface area contributed by atoms with Gasteiger partial charge in [0.2, 0.25) is 0 Å². The summed E-state index contributed by atoms with van der Waals surface area (Å²) in [5.41, 5.74) is 4.74. The molecule has 0 unspecified atom stereocenters. The molecule has 154 valence electrons. The average molecular weight is 428 g/mol. The van der Waals surface area contributed by atoms with Crippen molar-refractivity contribution in [2.75, 3.05) is 5.32 Å². The predicted octanol–water partition coefficient (Wildman–Crippen LogP) is 5.97. The van der Waals surface area contributed by atoms with E-state index < -0.39 is 0 Å². The SMILES string of the molecule is Cc1ccc(C(=O)Nc2c3c(nn2-c2ccc(Oc4ccccc4)cc2)CSC3)cc1. The maximum atomic E-state index is 12.9. The molecule has 0 saturated carbocycles. The van der Waals surface area contributed by atoms with Gasteiger partial charge in [0.1, 0.15) is 17.3 Å². The van der Waals surface area contributed by atoms with E-state index in [1.165, 1.54) is 0 Å². The summed E-state index contributed by atoms with van der Waals surface area (Å²) >= 11 is 1.81. The zero-order valence-electron chi connectivity index (χ0n) is 17.0. The molecule has 1 aliphatic rings. The summed E-state index contributed by atoms with van der Waals surface area (Å²) in [7, 11) is 0. The van der Waals surface area contributed by atoms with Crippen LogP contribution in [-0.4, -0.2) is 15.7 Å². The van der Waals surface area contributed by atoms with Crippen molar-refractivity contribution >= 4 is 23.5 Å². The van der Waals surface area contributed by atoms with Gasteiger partial charge >= 0.3 is 0 Å². The van der Waals surface area contributed by atoms with Crippen molar-refractivity contribution in [3.8, 4) is 17.2 Å². The van der Waals surface area contributed by atoms with Crippen LogP contribution < -0.4 is 10.1 Å². The second-order valence-electron chi connectivity index (χ2n) is 7.41. The first-order chi connectivity index (χ1) is 15.2. The number of anilines is 1. The van der Waals surface area contributed by atoms with Gasteiger partial charge in [-0.2, -0.15) is 16.9 Å². The van der Waals surface area contributed by atoms with Crippen LogP contribution in [0.1, 0.15) is 27.2 Å². The molecule has 5 nitrogen and oxygen atoms in total. The number of nitrogens with zero attached hydrogens (tertiary/aromatic N) is 2. The standard InChI is InChI=1S/C25H21N3O2S/c1-17-7-9-18(10-8-17)25(29)26-24-22-15-31-16-23(22)27-28(24)19-11-13-21(14-12-19)30-20-5-3-2-4-6-20/h2-14H,15-16H2,1H3,(H,26,29). The number of amides is 1. The van der Waals surface area contributed by atoms with Crippen LogP contribution in [0.5, 0.6) is 11.5 Å². The van der Waals surface area contributed by atoms with Crippen molar-refractivity contribution in [1.29, 1.82) is 0 Å². The molecule has 0 radical (unpaired) electrons. The Labute approximate surface area is 185 Å². The van der Waals surface area contributed by atoms with Gasteiger partial charge in [0.05, 0.1) is 11.4 Å². The molecule has 31 heavy (non-hydrogen) atoms. The van der Waals surface area contributed by atoms with Crippen molar-refractivity contribution in [1.82, 2.24) is 9.78 Å². The second kappa shape index (κ2) is 8.32. The summed E-state index contributed by atoms with van der Waals surface area (Å²) in [4.78, 5) is 12.9. The molecule has 2 heterocycles. The van der Waals surface area contributed by atoms with Crippen LogP contribution in [0.2, 0.25) is 0 Å². The topological polar surface area (TPSA) is 56.2 Å². The number of para-hydroxylation sites is 1. The number of hydrogen-bond acceptors (Lipinski definition) is 4. The zero-order valence-corrected chi connectivity index (χ0v) is 17.9. The largest absolute Gasteiger partial charge is 0.457 e. The average Bonchev–Trinajstić information content (AvgIpc) is 3.38. The fraction of sp³-hybridized carbons (Fsp3) is 0.120. The van der Waals surface area contributed by atoms with E-state index >= 15 is 0 Å². The zero-order chi connectivity index (χ0) is 21.2. The number of aromatic nitrogens is 2. The predicted molar refractivity (Wildman–Crippen MR) is 124 cm³/mol. The van der Waals surface area contributed by atoms with Gasteiger partial charge in [-0.05, 0) is 55.5 Å². The summed E-state index contributed by atoms with van der Waals surface area (Å²) in [6, 6.07) is 25.0. The van der Waals surface area contributed by atoms with Crippen LogP contribution >= 0.6 is 11.8 Å². The van der Waals surface area contributed by atoms with Crippen LogP contribution in [-0.2, 0) is 11.5 Å². The number of carbonyl (C=O) groups excluding carboxylic acids is 1. The Morgan fingerprint density at radius 3 is 2.39 bits per heavy atom. The minimum Gasteiger partial charge on any atom is -0.457 e. The fourth-order valence-corrected chi connectivity index (χ4v) is 4.53. The molecule has 0 aliphatic carbocycles. The Bertz CT molecular complexity index is 1220. The molecule has 1 aromatic heterocycles. The molecule has 0 atom stereocenters. The maximum Gasteiger partial charge on any atom is 0.256 e. The van der Waals surface area contributed by atoms with Crippen LogP contribution in [0.4, 0.5) is 5.82 Å². The van der Waals surface area contributed by atoms with Gasteiger partial charge in [0.25, 0.3) is 5.91 Å². The molecule has 1 amide bonds. The molecular formula is C25H21N3O2S. The minimum atomic E-state index is -0.134. The highest BCUT2D eigenvalue weighted by Gasteiger charge is 2.25. The molecule has 0 saturated heterocycles. The van der Waals surface area contributed by atoms with Gasteiger partial charge in [0, 0.05) is 22.6 Å².